The normalized spacial score (nSPS) is 23.5. The topological polar surface area (TPSA) is 503 Å². The summed E-state index contributed by atoms with van der Waals surface area (Å²) in [6.45, 7) is 4.13. The summed E-state index contributed by atoms with van der Waals surface area (Å²) in [6.07, 6.45) is -2.93. The Morgan fingerprint density at radius 3 is 1.64 bits per heavy atom. The minimum atomic E-state index is -2.71. The van der Waals surface area contributed by atoms with Crippen molar-refractivity contribution in [2.24, 2.45) is 34.6 Å². The number of benzene rings is 2. The Hall–Kier alpha value is -7.87. The molecule has 1 saturated heterocycles. The number of urea groups is 1. The maximum Gasteiger partial charge on any atom is 0.319 e. The van der Waals surface area contributed by atoms with Crippen LogP contribution in [0, 0.1) is 5.92 Å². The fraction of sp³-hybridized carbons (Fsp3) is 0.566. The van der Waals surface area contributed by atoms with E-state index in [1.165, 1.54) is 6.92 Å². The third-order valence-corrected chi connectivity index (χ3v) is 13.4. The largest absolute Gasteiger partial charge is 0.391 e. The van der Waals surface area contributed by atoms with Crippen molar-refractivity contribution in [1.82, 2.24) is 58.5 Å². The maximum atomic E-state index is 14.5. The highest BCUT2D eigenvalue weighted by Gasteiger charge is 2.39. The van der Waals surface area contributed by atoms with Crippen LogP contribution in [-0.2, 0) is 54.4 Å². The Morgan fingerprint density at radius 1 is 0.614 bits per heavy atom. The zero-order valence-electron chi connectivity index (χ0n) is 47.3. The van der Waals surface area contributed by atoms with Gasteiger partial charge < -0.3 is 103 Å². The molecule has 1 aliphatic rings. The summed E-state index contributed by atoms with van der Waals surface area (Å²) in [4.78, 5) is 153. The summed E-state index contributed by atoms with van der Waals surface area (Å²) >= 11 is 0. The second-order valence-corrected chi connectivity index (χ2v) is 20.2. The number of anilines is 1. The lowest BCUT2D eigenvalue weighted by Gasteiger charge is -2.30. The first-order chi connectivity index (χ1) is 39.4. The molecular weight excluding hydrogens is 1080 g/mol. The molecule has 0 radical (unpaired) electrons. The van der Waals surface area contributed by atoms with Crippen LogP contribution in [0.5, 0.6) is 0 Å². The van der Waals surface area contributed by atoms with Gasteiger partial charge in [0, 0.05) is 18.7 Å². The van der Waals surface area contributed by atoms with Crippen molar-refractivity contribution in [2.75, 3.05) is 44.6 Å². The highest BCUT2D eigenvalue weighted by atomic mass is 16.3. The summed E-state index contributed by atoms with van der Waals surface area (Å²) in [5, 5.41) is 51.9. The first-order valence-corrected chi connectivity index (χ1v) is 27.5. The van der Waals surface area contributed by atoms with Gasteiger partial charge in [0.2, 0.25) is 58.9 Å². The van der Waals surface area contributed by atoms with Crippen molar-refractivity contribution >= 4 is 70.8 Å². The van der Waals surface area contributed by atoms with E-state index in [2.05, 4.69) is 63.8 Å². The van der Waals surface area contributed by atoms with Gasteiger partial charge in [0.05, 0.1) is 6.10 Å². The molecule has 30 nitrogen and oxygen atoms in total. The van der Waals surface area contributed by atoms with E-state index in [9.17, 15) is 63.0 Å². The lowest BCUT2D eigenvalue weighted by Crippen LogP contribution is -2.63. The van der Waals surface area contributed by atoms with Gasteiger partial charge in [-0.05, 0) is 109 Å². The van der Waals surface area contributed by atoms with Crippen molar-refractivity contribution in [3.8, 4) is 0 Å². The molecule has 83 heavy (non-hydrogen) atoms. The minimum Gasteiger partial charge on any atom is -0.391 e. The van der Waals surface area contributed by atoms with Gasteiger partial charge in [-0.1, -0.05) is 68.8 Å². The van der Waals surface area contributed by atoms with Crippen LogP contribution < -0.4 is 92.5 Å². The predicted molar refractivity (Wildman–Crippen MR) is 304 cm³/mol. The average molecular weight is 1170 g/mol. The van der Waals surface area contributed by atoms with Crippen LogP contribution in [0.15, 0.2) is 60.7 Å². The Kier molecular flexibility index (Phi) is 29.4. The van der Waals surface area contributed by atoms with E-state index in [0.717, 1.165) is 6.92 Å². The molecule has 2 aromatic rings. The highest BCUT2D eigenvalue weighted by Crippen LogP contribution is 2.13. The van der Waals surface area contributed by atoms with Gasteiger partial charge in [0.25, 0.3) is 5.91 Å². The standard InChI is InChI=1S/C53H85N17O13/c1-5-29(2)40-49(79)64-34(17-23-55)42(72)62-37(20-26-58)48(78)70-53(4,83)51(81)59-27-21-38(45(75)61-33(16-22-54)44(74)66-39(47(77)68-40)28-31-12-8-6-9-13-31)63-43(73)35(18-24-56)65-50(80)41(30(3)71)69-46(76)36(19-25-57)67-52(82)60-32-14-10-7-11-15-32/h6-15,29-30,33-41,71,83H,5,16-28,54-58H2,1-4H3,(H,59,81)(H,61,75)(H,62,72)(H,63,73)(H,64,79)(H,65,80)(H,66,74)(H,68,77)(H,69,76)(H,70,78)(H2,60,67,82)/t29-,30+,33-,34-,35-,36-,37-,38-,39+,40-,41-,53-/m0/s1. The molecule has 0 bridgehead atoms. The number of nitrogens with one attached hydrogen (secondary N) is 12. The molecule has 0 unspecified atom stereocenters. The van der Waals surface area contributed by atoms with Crippen LogP contribution >= 0.6 is 0 Å². The number of hydrogen-bond donors (Lipinski definition) is 19. The molecule has 0 aliphatic carbocycles. The first kappa shape index (κ1) is 69.4. The number of aliphatic hydroxyl groups is 2. The molecule has 12 atom stereocenters. The molecule has 3 rings (SSSR count). The second kappa shape index (κ2) is 35.2. The zero-order chi connectivity index (χ0) is 61.8. The van der Waals surface area contributed by atoms with E-state index < -0.39 is 150 Å². The predicted octanol–water partition coefficient (Wildman–Crippen LogP) is -6.19. The molecule has 0 spiro atoms. The van der Waals surface area contributed by atoms with Gasteiger partial charge in [-0.25, -0.2) is 4.79 Å². The number of carbonyl (C=O) groups is 11. The van der Waals surface area contributed by atoms with Crippen molar-refractivity contribution in [1.29, 1.82) is 0 Å². The number of aliphatic hydroxyl groups excluding tert-OH is 1. The monoisotopic (exact) mass is 1170 g/mol. The van der Waals surface area contributed by atoms with Crippen molar-refractivity contribution in [3.05, 3.63) is 66.2 Å². The molecule has 460 valence electrons. The molecule has 30 heteroatoms. The lowest BCUT2D eigenvalue weighted by molar-refractivity contribution is -0.148. The molecule has 1 fully saturated rings. The average Bonchev–Trinajstić information content (AvgIpc) is 3.56. The molecule has 1 heterocycles. The smallest absolute Gasteiger partial charge is 0.319 e. The summed E-state index contributed by atoms with van der Waals surface area (Å²) in [5.41, 5.74) is 27.5. The number of hydrogen-bond acceptors (Lipinski definition) is 18. The molecule has 12 amide bonds. The van der Waals surface area contributed by atoms with E-state index in [1.807, 2.05) is 0 Å². The van der Waals surface area contributed by atoms with Gasteiger partial charge in [-0.15, -0.1) is 0 Å². The number of carbonyl (C=O) groups excluding carboxylic acids is 11. The van der Waals surface area contributed by atoms with Crippen LogP contribution in [0.2, 0.25) is 0 Å². The molecule has 0 aromatic heterocycles. The van der Waals surface area contributed by atoms with Gasteiger partial charge in [0.1, 0.15) is 54.4 Å². The van der Waals surface area contributed by atoms with E-state index >= 15 is 0 Å². The van der Waals surface area contributed by atoms with Crippen LogP contribution in [-0.4, -0.2) is 181 Å². The first-order valence-electron chi connectivity index (χ1n) is 27.5. The highest BCUT2D eigenvalue weighted by molar-refractivity contribution is 6.00. The third kappa shape index (κ3) is 22.8. The van der Waals surface area contributed by atoms with Crippen LogP contribution in [0.25, 0.3) is 0 Å². The van der Waals surface area contributed by atoms with Crippen molar-refractivity contribution in [3.63, 3.8) is 0 Å². The summed E-state index contributed by atoms with van der Waals surface area (Å²) in [6, 6.07) is 2.52. The molecule has 1 aliphatic heterocycles. The number of rotatable bonds is 23. The lowest BCUT2D eigenvalue weighted by atomic mass is 9.96. The minimum absolute atomic E-state index is 0.0842. The van der Waals surface area contributed by atoms with Gasteiger partial charge in [-0.3, -0.25) is 47.9 Å². The van der Waals surface area contributed by atoms with E-state index in [4.69, 9.17) is 28.7 Å². The second-order valence-electron chi connectivity index (χ2n) is 20.2. The number of nitrogens with two attached hydrogens (primary N) is 5. The van der Waals surface area contributed by atoms with Crippen LogP contribution in [0.4, 0.5) is 10.5 Å². The Morgan fingerprint density at radius 2 is 1.11 bits per heavy atom. The van der Waals surface area contributed by atoms with Gasteiger partial charge in [-0.2, -0.15) is 0 Å². The molecule has 0 saturated carbocycles. The maximum absolute atomic E-state index is 14.5. The van der Waals surface area contributed by atoms with Crippen LogP contribution in [0.1, 0.15) is 78.2 Å². The Bertz CT molecular complexity index is 2490. The summed E-state index contributed by atoms with van der Waals surface area (Å²) in [5.74, 6) is -10.5. The fourth-order valence-corrected chi connectivity index (χ4v) is 8.47. The van der Waals surface area contributed by atoms with Crippen molar-refractivity contribution in [2.45, 2.75) is 145 Å². The summed E-state index contributed by atoms with van der Waals surface area (Å²) < 4.78 is 0. The fourth-order valence-electron chi connectivity index (χ4n) is 8.47. The van der Waals surface area contributed by atoms with E-state index in [-0.39, 0.29) is 71.2 Å². The van der Waals surface area contributed by atoms with Crippen molar-refractivity contribution < 1.29 is 63.0 Å². The molecule has 24 N–H and O–H groups in total. The zero-order valence-corrected chi connectivity index (χ0v) is 47.3. The van der Waals surface area contributed by atoms with Gasteiger partial charge >= 0.3 is 6.03 Å². The van der Waals surface area contributed by atoms with Crippen LogP contribution in [0.3, 0.4) is 0 Å². The van der Waals surface area contributed by atoms with E-state index in [1.54, 1.807) is 74.5 Å². The Balaban J connectivity index is 2.07. The quantitative estimate of drug-likeness (QED) is 0.0492. The number of para-hydroxylation sites is 1. The SMILES string of the molecule is CC[C@H](C)[C@@H]1NC(=O)[C@@H](Cc2ccccc2)NC(=O)[C@H](CCN)NC(=O)[C@@H](NC(=O)[C@H](CCN)NC(=O)[C@@H](NC(=O)[C@H](CCN)NC(=O)Nc2ccccc2)[C@@H](C)O)CCNC(=O)[C@](C)(O)NC(=O)[C@H](CCN)NC(=O)[C@H](CCN)NC1=O. The third-order valence-electron chi connectivity index (χ3n) is 13.4. The Labute approximate surface area is 481 Å². The van der Waals surface area contributed by atoms with E-state index in [0.29, 0.717) is 17.7 Å². The number of amides is 12. The molecular formula is C53H85N17O13. The molecule has 2 aromatic carbocycles. The summed E-state index contributed by atoms with van der Waals surface area (Å²) in [7, 11) is 0. The van der Waals surface area contributed by atoms with Gasteiger partial charge in [0.15, 0.2) is 0 Å².